The van der Waals surface area contributed by atoms with E-state index in [-0.39, 0.29) is 11.8 Å². The maximum atomic E-state index is 12.2. The number of allylic oxidation sites excluding steroid dienone is 1. The second kappa shape index (κ2) is 8.11. The number of benzene rings is 2. The van der Waals surface area contributed by atoms with Gasteiger partial charge in [0.1, 0.15) is 0 Å². The van der Waals surface area contributed by atoms with Gasteiger partial charge < -0.3 is 10.7 Å². The highest BCUT2D eigenvalue weighted by molar-refractivity contribution is 6.10. The smallest absolute Gasteiger partial charge is 0.227 e. The van der Waals surface area contributed by atoms with Crippen molar-refractivity contribution < 1.29 is 4.79 Å². The quantitative estimate of drug-likeness (QED) is 0.749. The molecule has 1 saturated heterocycles. The molecule has 0 bridgehead atoms. The first-order valence-electron chi connectivity index (χ1n) is 9.02. The Bertz CT molecular complexity index is 820. The summed E-state index contributed by atoms with van der Waals surface area (Å²) in [5.41, 5.74) is 4.69. The zero-order valence-corrected chi connectivity index (χ0v) is 15.7. The van der Waals surface area contributed by atoms with Crippen molar-refractivity contribution in [1.82, 2.24) is 5.32 Å². The van der Waals surface area contributed by atoms with Crippen molar-refractivity contribution in [3.05, 3.63) is 59.3 Å². The van der Waals surface area contributed by atoms with E-state index in [9.17, 15) is 4.79 Å². The van der Waals surface area contributed by atoms with Crippen LogP contribution in [-0.4, -0.2) is 11.6 Å². The maximum absolute atomic E-state index is 12.2. The average Bonchev–Trinajstić information content (AvgIpc) is 2.61. The average molecular weight is 336 g/mol. The lowest BCUT2D eigenvalue weighted by Gasteiger charge is -2.24. The summed E-state index contributed by atoms with van der Waals surface area (Å²) in [7, 11) is 0. The number of fused-ring (bicyclic) bond motifs is 1. The molecular weight excluding hydrogens is 308 g/mol. The summed E-state index contributed by atoms with van der Waals surface area (Å²) >= 11 is 0. The number of carbonyl (C=O) groups is 1. The lowest BCUT2D eigenvalue weighted by atomic mass is 9.86. The maximum Gasteiger partial charge on any atom is 0.227 e. The molecule has 1 atom stereocenters. The van der Waals surface area contributed by atoms with E-state index in [4.69, 9.17) is 5.41 Å². The molecule has 0 saturated carbocycles. The van der Waals surface area contributed by atoms with E-state index in [1.807, 2.05) is 32.9 Å². The summed E-state index contributed by atoms with van der Waals surface area (Å²) < 4.78 is 0. The van der Waals surface area contributed by atoms with Gasteiger partial charge in [-0.25, -0.2) is 0 Å². The fraction of sp³-hybridized carbons (Fsp3) is 0.364. The molecule has 25 heavy (non-hydrogen) atoms. The molecule has 0 radical (unpaired) electrons. The number of carbonyl (C=O) groups excluding carboxylic acids is 1. The van der Waals surface area contributed by atoms with Gasteiger partial charge in [0.15, 0.2) is 0 Å². The molecule has 0 spiro atoms. The van der Waals surface area contributed by atoms with Crippen LogP contribution in [0.3, 0.4) is 0 Å². The van der Waals surface area contributed by atoms with E-state index >= 15 is 0 Å². The van der Waals surface area contributed by atoms with Crippen LogP contribution in [0.2, 0.25) is 0 Å². The van der Waals surface area contributed by atoms with Crippen LogP contribution >= 0.6 is 0 Å². The summed E-state index contributed by atoms with van der Waals surface area (Å²) in [4.78, 5) is 12.2. The highest BCUT2D eigenvalue weighted by Crippen LogP contribution is 2.30. The van der Waals surface area contributed by atoms with Gasteiger partial charge in [0.05, 0.1) is 0 Å². The van der Waals surface area contributed by atoms with E-state index in [1.54, 1.807) is 0 Å². The Morgan fingerprint density at radius 2 is 2.00 bits per heavy atom. The fourth-order valence-corrected chi connectivity index (χ4v) is 3.39. The predicted octanol–water partition coefficient (Wildman–Crippen LogP) is 5.14. The van der Waals surface area contributed by atoms with Gasteiger partial charge in [-0.1, -0.05) is 50.8 Å². The third-order valence-electron chi connectivity index (χ3n) is 4.68. The molecule has 0 aliphatic carbocycles. The number of hydrogen-bond acceptors (Lipinski definition) is 2. The van der Waals surface area contributed by atoms with Crippen molar-refractivity contribution in [3.8, 4) is 0 Å². The van der Waals surface area contributed by atoms with Crippen molar-refractivity contribution in [3.63, 3.8) is 0 Å². The van der Waals surface area contributed by atoms with Crippen LogP contribution in [0.4, 0.5) is 0 Å². The summed E-state index contributed by atoms with van der Waals surface area (Å²) in [5, 5.41) is 13.2. The number of rotatable bonds is 3. The molecule has 3 rings (SSSR count). The zero-order chi connectivity index (χ0) is 18.6. The Kier molecular flexibility index (Phi) is 6.13. The van der Waals surface area contributed by atoms with Gasteiger partial charge in [-0.05, 0) is 55.0 Å². The Labute approximate surface area is 150 Å². The van der Waals surface area contributed by atoms with Crippen LogP contribution < -0.4 is 5.32 Å². The Morgan fingerprint density at radius 3 is 2.64 bits per heavy atom. The minimum Gasteiger partial charge on any atom is -0.330 e. The van der Waals surface area contributed by atoms with Crippen molar-refractivity contribution in [2.45, 2.75) is 47.0 Å². The molecule has 1 aliphatic heterocycles. The third kappa shape index (κ3) is 3.98. The van der Waals surface area contributed by atoms with E-state index in [0.29, 0.717) is 12.1 Å². The molecule has 1 amide bonds. The molecule has 2 aromatic carbocycles. The van der Waals surface area contributed by atoms with E-state index < -0.39 is 0 Å². The first kappa shape index (κ1) is 18.9. The summed E-state index contributed by atoms with van der Waals surface area (Å²) in [6, 6.07) is 10.3. The third-order valence-corrected chi connectivity index (χ3v) is 4.68. The minimum absolute atomic E-state index is 0.0227. The van der Waals surface area contributed by atoms with Crippen molar-refractivity contribution in [1.29, 1.82) is 5.41 Å². The SMILES string of the molecule is C=C1CCC(Cc2ccc(C)c3cccc(C(C)=N)c23)C(=O)N1.CC. The lowest BCUT2D eigenvalue weighted by Crippen LogP contribution is -2.35. The Morgan fingerprint density at radius 1 is 1.28 bits per heavy atom. The lowest BCUT2D eigenvalue weighted by molar-refractivity contribution is -0.125. The summed E-state index contributed by atoms with van der Waals surface area (Å²) in [5.74, 6) is 0.0459. The van der Waals surface area contributed by atoms with Gasteiger partial charge in [-0.15, -0.1) is 0 Å². The van der Waals surface area contributed by atoms with Gasteiger partial charge >= 0.3 is 0 Å². The standard InChI is InChI=1S/C20H22N2O.C2H6/c1-12-7-9-15(11-16-10-8-13(2)22-20(16)23)19-17(12)5-4-6-18(19)14(3)21;1-2/h4-7,9,16,21H,2,8,10-11H2,1,3H3,(H,22,23);1-2H3. The minimum atomic E-state index is -0.0227. The van der Waals surface area contributed by atoms with Gasteiger partial charge in [0.25, 0.3) is 0 Å². The van der Waals surface area contributed by atoms with Crippen LogP contribution in [-0.2, 0) is 11.2 Å². The van der Waals surface area contributed by atoms with Crippen LogP contribution in [0.25, 0.3) is 10.8 Å². The predicted molar refractivity (Wildman–Crippen MR) is 106 cm³/mol. The highest BCUT2D eigenvalue weighted by Gasteiger charge is 2.25. The Balaban J connectivity index is 0.00000109. The molecule has 1 fully saturated rings. The van der Waals surface area contributed by atoms with E-state index in [2.05, 4.69) is 37.0 Å². The summed E-state index contributed by atoms with van der Waals surface area (Å²) in [6.45, 7) is 11.8. The molecule has 0 aromatic heterocycles. The van der Waals surface area contributed by atoms with Crippen molar-refractivity contribution in [2.24, 2.45) is 5.92 Å². The second-order valence-corrected chi connectivity index (χ2v) is 6.43. The summed E-state index contributed by atoms with van der Waals surface area (Å²) in [6.07, 6.45) is 2.39. The largest absolute Gasteiger partial charge is 0.330 e. The number of amides is 1. The van der Waals surface area contributed by atoms with Gasteiger partial charge in [0.2, 0.25) is 5.91 Å². The molecule has 1 unspecified atom stereocenters. The zero-order valence-electron chi connectivity index (χ0n) is 15.7. The van der Waals surface area contributed by atoms with Crippen LogP contribution in [0, 0.1) is 18.3 Å². The normalized spacial score (nSPS) is 16.9. The van der Waals surface area contributed by atoms with E-state index in [0.717, 1.165) is 35.1 Å². The molecule has 3 heteroatoms. The highest BCUT2D eigenvalue weighted by atomic mass is 16.1. The molecule has 3 nitrogen and oxygen atoms in total. The topological polar surface area (TPSA) is 53.0 Å². The van der Waals surface area contributed by atoms with Gasteiger partial charge in [-0.2, -0.15) is 0 Å². The van der Waals surface area contributed by atoms with Crippen LogP contribution in [0.1, 0.15) is 50.3 Å². The number of piperidine rings is 1. The van der Waals surface area contributed by atoms with Crippen LogP contribution in [0.5, 0.6) is 0 Å². The molecule has 1 heterocycles. The fourth-order valence-electron chi connectivity index (χ4n) is 3.39. The van der Waals surface area contributed by atoms with Crippen molar-refractivity contribution in [2.75, 3.05) is 0 Å². The molecule has 2 N–H and O–H groups in total. The van der Waals surface area contributed by atoms with Crippen LogP contribution in [0.15, 0.2) is 42.6 Å². The van der Waals surface area contributed by atoms with Gasteiger partial charge in [-0.3, -0.25) is 4.79 Å². The second-order valence-electron chi connectivity index (χ2n) is 6.43. The number of aryl methyl sites for hydroxylation is 1. The molecular formula is C22H28N2O. The first-order chi connectivity index (χ1) is 12.0. The molecule has 132 valence electrons. The number of hydrogen-bond donors (Lipinski definition) is 2. The first-order valence-corrected chi connectivity index (χ1v) is 9.02. The Hall–Kier alpha value is -2.42. The monoisotopic (exact) mass is 336 g/mol. The van der Waals surface area contributed by atoms with Crippen molar-refractivity contribution >= 4 is 22.4 Å². The molecule has 1 aliphatic rings. The van der Waals surface area contributed by atoms with E-state index in [1.165, 1.54) is 10.9 Å². The number of nitrogens with one attached hydrogen (secondary N) is 2. The van der Waals surface area contributed by atoms with Gasteiger partial charge in [0, 0.05) is 22.9 Å². The molecule has 2 aromatic rings.